The van der Waals surface area contributed by atoms with Crippen molar-refractivity contribution >= 4 is 5.69 Å². The maximum Gasteiger partial charge on any atom is 0.151 e. The molecular weight excluding hydrogens is 304 g/mol. The Labute approximate surface area is 144 Å². The van der Waals surface area contributed by atoms with Crippen molar-refractivity contribution in [3.05, 3.63) is 29.8 Å². The lowest BCUT2D eigenvalue weighted by Crippen LogP contribution is -3.15. The SMILES string of the molecule is CN(CCC#N)c1ccc(C[NH2+]C[C@H](O)C[NH+]2CCOCC2)cc1. The number of rotatable bonds is 9. The minimum Gasteiger partial charge on any atom is -0.382 e. The minimum atomic E-state index is -0.269. The van der Waals surface area contributed by atoms with E-state index in [4.69, 9.17) is 10.00 Å². The molecule has 24 heavy (non-hydrogen) atoms. The number of hydrogen-bond donors (Lipinski definition) is 3. The summed E-state index contributed by atoms with van der Waals surface area (Å²) >= 11 is 0. The third kappa shape index (κ3) is 6.46. The molecule has 0 amide bonds. The van der Waals surface area contributed by atoms with Gasteiger partial charge in [0.1, 0.15) is 32.7 Å². The van der Waals surface area contributed by atoms with Gasteiger partial charge in [0.2, 0.25) is 0 Å². The number of anilines is 1. The fraction of sp³-hybridized carbons (Fsp3) is 0.611. The third-order valence-corrected chi connectivity index (χ3v) is 4.48. The van der Waals surface area contributed by atoms with Gasteiger partial charge in [-0.3, -0.25) is 0 Å². The molecule has 6 heteroatoms. The summed E-state index contributed by atoms with van der Waals surface area (Å²) in [5, 5.41) is 21.0. The second-order valence-corrected chi connectivity index (χ2v) is 6.44. The Morgan fingerprint density at radius 3 is 2.71 bits per heavy atom. The van der Waals surface area contributed by atoms with Crippen molar-refractivity contribution in [2.75, 3.05) is 57.9 Å². The van der Waals surface area contributed by atoms with E-state index in [0.29, 0.717) is 6.42 Å². The predicted octanol–water partition coefficient (Wildman–Crippen LogP) is -1.62. The van der Waals surface area contributed by atoms with E-state index in [2.05, 4.69) is 40.6 Å². The molecule has 0 radical (unpaired) electrons. The van der Waals surface area contributed by atoms with E-state index in [0.717, 1.165) is 58.2 Å². The van der Waals surface area contributed by atoms with Crippen LogP contribution < -0.4 is 15.1 Å². The molecule has 0 aliphatic carbocycles. The van der Waals surface area contributed by atoms with Gasteiger partial charge in [-0.25, -0.2) is 0 Å². The van der Waals surface area contributed by atoms with Crippen LogP contribution in [-0.2, 0) is 11.3 Å². The van der Waals surface area contributed by atoms with Crippen LogP contribution in [0.2, 0.25) is 0 Å². The van der Waals surface area contributed by atoms with Crippen molar-refractivity contribution in [2.45, 2.75) is 19.1 Å². The molecule has 1 aliphatic heterocycles. The van der Waals surface area contributed by atoms with Crippen LogP contribution in [0, 0.1) is 11.3 Å². The van der Waals surface area contributed by atoms with E-state index < -0.39 is 0 Å². The average Bonchev–Trinajstić information content (AvgIpc) is 2.61. The molecule has 0 unspecified atom stereocenters. The molecular formula is C18H30N4O2+2. The van der Waals surface area contributed by atoms with Crippen LogP contribution in [0.4, 0.5) is 5.69 Å². The topological polar surface area (TPSA) is 77.5 Å². The number of quaternary nitrogens is 2. The lowest BCUT2D eigenvalue weighted by molar-refractivity contribution is -0.912. The summed E-state index contributed by atoms with van der Waals surface area (Å²) in [6.07, 6.45) is 0.268. The Kier molecular flexibility index (Phi) is 7.99. The molecule has 2 rings (SSSR count). The molecule has 0 aromatic heterocycles. The molecule has 0 bridgehead atoms. The Morgan fingerprint density at radius 2 is 2.04 bits per heavy atom. The van der Waals surface area contributed by atoms with Crippen LogP contribution >= 0.6 is 0 Å². The van der Waals surface area contributed by atoms with Crippen LogP contribution in [0.15, 0.2) is 24.3 Å². The standard InChI is InChI=1S/C18H28N4O2/c1-21(8-2-7-19)17-5-3-16(4-6-17)13-20-14-18(23)15-22-9-11-24-12-10-22/h3-6,18,20,23H,2,8-15H2,1H3/p+2/t18-/m0/s1. The second-order valence-electron chi connectivity index (χ2n) is 6.44. The number of hydrogen-bond acceptors (Lipinski definition) is 4. The van der Waals surface area contributed by atoms with Gasteiger partial charge >= 0.3 is 0 Å². The van der Waals surface area contributed by atoms with Crippen molar-refractivity contribution in [3.8, 4) is 6.07 Å². The van der Waals surface area contributed by atoms with Crippen molar-refractivity contribution in [2.24, 2.45) is 0 Å². The van der Waals surface area contributed by atoms with Gasteiger partial charge in [-0.1, -0.05) is 12.1 Å². The second kappa shape index (κ2) is 10.3. The lowest BCUT2D eigenvalue weighted by Gasteiger charge is -2.25. The van der Waals surface area contributed by atoms with E-state index in [1.807, 2.05) is 7.05 Å². The van der Waals surface area contributed by atoms with Crippen LogP contribution in [0.5, 0.6) is 0 Å². The molecule has 6 nitrogen and oxygen atoms in total. The van der Waals surface area contributed by atoms with Gasteiger partial charge in [-0.15, -0.1) is 0 Å². The van der Waals surface area contributed by atoms with Gasteiger partial charge in [0.25, 0.3) is 0 Å². The Morgan fingerprint density at radius 1 is 1.33 bits per heavy atom. The van der Waals surface area contributed by atoms with E-state index in [1.165, 1.54) is 10.5 Å². The van der Waals surface area contributed by atoms with Gasteiger partial charge in [0, 0.05) is 24.8 Å². The Hall–Kier alpha value is -1.65. The number of nitrogens with zero attached hydrogens (tertiary/aromatic N) is 2. The molecule has 0 spiro atoms. The zero-order valence-corrected chi connectivity index (χ0v) is 14.6. The first-order valence-electron chi connectivity index (χ1n) is 8.77. The maximum absolute atomic E-state index is 10.2. The first-order valence-corrected chi connectivity index (χ1v) is 8.77. The highest BCUT2D eigenvalue weighted by molar-refractivity contribution is 5.46. The molecule has 1 saturated heterocycles. The highest BCUT2D eigenvalue weighted by Gasteiger charge is 2.19. The highest BCUT2D eigenvalue weighted by Crippen LogP contribution is 2.13. The third-order valence-electron chi connectivity index (χ3n) is 4.48. The summed E-state index contributed by atoms with van der Waals surface area (Å²) in [5.74, 6) is 0. The number of benzene rings is 1. The largest absolute Gasteiger partial charge is 0.382 e. The number of morpholine rings is 1. The Bertz CT molecular complexity index is 509. The molecule has 132 valence electrons. The van der Waals surface area contributed by atoms with Gasteiger partial charge < -0.3 is 25.0 Å². The van der Waals surface area contributed by atoms with Crippen LogP contribution in [0.1, 0.15) is 12.0 Å². The van der Waals surface area contributed by atoms with E-state index in [9.17, 15) is 5.11 Å². The first-order chi connectivity index (χ1) is 11.7. The molecule has 1 aromatic carbocycles. The van der Waals surface area contributed by atoms with Crippen molar-refractivity contribution < 1.29 is 20.1 Å². The fourth-order valence-electron chi connectivity index (χ4n) is 2.96. The molecule has 1 aliphatic rings. The number of nitriles is 1. The first kappa shape index (κ1) is 18.7. The molecule has 1 heterocycles. The summed E-state index contributed by atoms with van der Waals surface area (Å²) in [5.41, 5.74) is 2.38. The summed E-state index contributed by atoms with van der Waals surface area (Å²) in [7, 11) is 2.00. The van der Waals surface area contributed by atoms with Crippen molar-refractivity contribution in [1.82, 2.24) is 0 Å². The van der Waals surface area contributed by atoms with E-state index in [1.54, 1.807) is 0 Å². The monoisotopic (exact) mass is 334 g/mol. The van der Waals surface area contributed by atoms with Crippen LogP contribution in [-0.4, -0.2) is 64.2 Å². The fourth-order valence-corrected chi connectivity index (χ4v) is 2.96. The van der Waals surface area contributed by atoms with Crippen LogP contribution in [0.25, 0.3) is 0 Å². The zero-order valence-electron chi connectivity index (χ0n) is 14.6. The van der Waals surface area contributed by atoms with Crippen LogP contribution in [0.3, 0.4) is 0 Å². The minimum absolute atomic E-state index is 0.269. The smallest absolute Gasteiger partial charge is 0.151 e. The molecule has 1 atom stereocenters. The quantitative estimate of drug-likeness (QED) is 0.507. The molecule has 1 fully saturated rings. The summed E-state index contributed by atoms with van der Waals surface area (Å²) in [6.45, 7) is 6.77. The van der Waals surface area contributed by atoms with Crippen molar-refractivity contribution in [3.63, 3.8) is 0 Å². The summed E-state index contributed by atoms with van der Waals surface area (Å²) in [4.78, 5) is 3.53. The van der Waals surface area contributed by atoms with Gasteiger partial charge in [-0.2, -0.15) is 5.26 Å². The maximum atomic E-state index is 10.2. The van der Waals surface area contributed by atoms with Gasteiger partial charge in [-0.05, 0) is 12.1 Å². The molecule has 0 saturated carbocycles. The predicted molar refractivity (Wildman–Crippen MR) is 92.8 cm³/mol. The summed E-state index contributed by atoms with van der Waals surface area (Å²) < 4.78 is 5.34. The molecule has 4 N–H and O–H groups in total. The number of aliphatic hydroxyl groups excluding tert-OH is 1. The lowest BCUT2D eigenvalue weighted by atomic mass is 10.2. The zero-order chi connectivity index (χ0) is 17.2. The number of nitrogens with two attached hydrogens (primary N) is 1. The number of nitrogens with one attached hydrogen (secondary N) is 1. The molecule has 1 aromatic rings. The number of aliphatic hydroxyl groups is 1. The summed E-state index contributed by atoms with van der Waals surface area (Å²) in [6, 6.07) is 10.6. The van der Waals surface area contributed by atoms with E-state index in [-0.39, 0.29) is 6.10 Å². The normalized spacial score (nSPS) is 16.5. The van der Waals surface area contributed by atoms with Crippen molar-refractivity contribution in [1.29, 1.82) is 5.26 Å². The van der Waals surface area contributed by atoms with Gasteiger partial charge in [0.15, 0.2) is 6.10 Å². The van der Waals surface area contributed by atoms with E-state index >= 15 is 0 Å². The van der Waals surface area contributed by atoms with Gasteiger partial charge in [0.05, 0.1) is 25.7 Å². The highest BCUT2D eigenvalue weighted by atomic mass is 16.5. The average molecular weight is 334 g/mol. The number of ether oxygens (including phenoxy) is 1. The Balaban J connectivity index is 1.67.